The average Bonchev–Trinajstić information content (AvgIpc) is 2.55. The van der Waals surface area contributed by atoms with Gasteiger partial charge in [-0.15, -0.1) is 0 Å². The van der Waals surface area contributed by atoms with Gasteiger partial charge in [0, 0.05) is 33.4 Å². The van der Waals surface area contributed by atoms with Crippen molar-refractivity contribution in [1.82, 2.24) is 14.8 Å². The van der Waals surface area contributed by atoms with Crippen LogP contribution in [-0.2, 0) is 0 Å². The first-order valence-corrected chi connectivity index (χ1v) is 8.24. The lowest BCUT2D eigenvalue weighted by Gasteiger charge is -2.31. The molecule has 1 saturated heterocycles. The van der Waals surface area contributed by atoms with E-state index in [0.717, 1.165) is 19.0 Å². The van der Waals surface area contributed by atoms with Crippen LogP contribution >= 0.6 is 0 Å². The van der Waals surface area contributed by atoms with E-state index < -0.39 is 0 Å². The molecular weight excluding hydrogens is 276 g/mol. The summed E-state index contributed by atoms with van der Waals surface area (Å²) in [6, 6.07) is 3.63. The van der Waals surface area contributed by atoms with Gasteiger partial charge in [-0.2, -0.15) is 0 Å². The van der Waals surface area contributed by atoms with Crippen LogP contribution in [0.15, 0.2) is 18.3 Å². The van der Waals surface area contributed by atoms with Gasteiger partial charge in [-0.05, 0) is 44.0 Å². The molecule has 122 valence electrons. The fourth-order valence-electron chi connectivity index (χ4n) is 2.91. The maximum Gasteiger partial charge on any atom is 0.257 e. The molecule has 2 rings (SSSR count). The number of aromatic nitrogens is 1. The molecule has 2 heterocycles. The van der Waals surface area contributed by atoms with Crippen molar-refractivity contribution in [2.45, 2.75) is 26.2 Å². The number of pyridine rings is 1. The van der Waals surface area contributed by atoms with Crippen LogP contribution in [0.5, 0.6) is 0 Å². The number of anilines is 1. The molecule has 0 aliphatic carbocycles. The van der Waals surface area contributed by atoms with E-state index in [1.54, 1.807) is 31.3 Å². The van der Waals surface area contributed by atoms with Crippen LogP contribution in [0, 0.1) is 5.92 Å². The van der Waals surface area contributed by atoms with Crippen molar-refractivity contribution in [3.05, 3.63) is 23.9 Å². The van der Waals surface area contributed by atoms with E-state index in [1.165, 1.54) is 32.4 Å². The van der Waals surface area contributed by atoms with E-state index in [4.69, 9.17) is 0 Å². The van der Waals surface area contributed by atoms with Crippen LogP contribution < -0.4 is 5.32 Å². The number of carbonyl (C=O) groups is 1. The molecule has 0 atom stereocenters. The highest BCUT2D eigenvalue weighted by Crippen LogP contribution is 2.19. The minimum atomic E-state index is -0.0145. The molecule has 1 N–H and O–H groups in total. The summed E-state index contributed by atoms with van der Waals surface area (Å²) in [5.41, 5.74) is 0.636. The van der Waals surface area contributed by atoms with Gasteiger partial charge in [-0.25, -0.2) is 4.98 Å². The fourth-order valence-corrected chi connectivity index (χ4v) is 2.91. The first-order chi connectivity index (χ1) is 10.6. The summed E-state index contributed by atoms with van der Waals surface area (Å²) in [5, 5.41) is 3.32. The van der Waals surface area contributed by atoms with Crippen molar-refractivity contribution in [1.29, 1.82) is 0 Å². The molecule has 0 radical (unpaired) electrons. The summed E-state index contributed by atoms with van der Waals surface area (Å²) in [5.74, 6) is 1.58. The number of amides is 1. The highest BCUT2D eigenvalue weighted by molar-refractivity contribution is 5.98. The molecule has 0 aromatic carbocycles. The number of likely N-dealkylation sites (tertiary alicyclic amines) is 1. The number of carbonyl (C=O) groups excluding carboxylic acids is 1. The molecule has 1 aliphatic heterocycles. The van der Waals surface area contributed by atoms with Crippen LogP contribution in [0.1, 0.15) is 36.5 Å². The van der Waals surface area contributed by atoms with E-state index in [-0.39, 0.29) is 5.91 Å². The lowest BCUT2D eigenvalue weighted by Crippen LogP contribution is -2.36. The van der Waals surface area contributed by atoms with E-state index in [1.807, 2.05) is 6.07 Å². The fraction of sp³-hybridized carbons (Fsp3) is 0.647. The van der Waals surface area contributed by atoms with Crippen LogP contribution in [-0.4, -0.2) is 61.0 Å². The van der Waals surface area contributed by atoms with Gasteiger partial charge in [0.05, 0.1) is 5.56 Å². The first kappa shape index (κ1) is 16.7. The Labute approximate surface area is 133 Å². The molecule has 0 saturated carbocycles. The second-order valence-corrected chi connectivity index (χ2v) is 6.22. The Morgan fingerprint density at radius 3 is 2.77 bits per heavy atom. The highest BCUT2D eigenvalue weighted by atomic mass is 16.2. The van der Waals surface area contributed by atoms with Gasteiger partial charge in [0.1, 0.15) is 5.82 Å². The Morgan fingerprint density at radius 1 is 1.41 bits per heavy atom. The van der Waals surface area contributed by atoms with Crippen molar-refractivity contribution in [2.24, 2.45) is 5.92 Å². The first-order valence-electron chi connectivity index (χ1n) is 8.24. The maximum absolute atomic E-state index is 12.1. The van der Waals surface area contributed by atoms with Gasteiger partial charge in [-0.3, -0.25) is 4.79 Å². The maximum atomic E-state index is 12.1. The van der Waals surface area contributed by atoms with Crippen molar-refractivity contribution >= 4 is 11.7 Å². The number of hydrogen-bond donors (Lipinski definition) is 1. The van der Waals surface area contributed by atoms with Crippen LogP contribution in [0.2, 0.25) is 0 Å². The zero-order valence-electron chi connectivity index (χ0n) is 14.0. The highest BCUT2D eigenvalue weighted by Gasteiger charge is 2.18. The lowest BCUT2D eigenvalue weighted by atomic mass is 9.94. The summed E-state index contributed by atoms with van der Waals surface area (Å²) in [6.07, 6.45) is 5.65. The normalized spacial score (nSPS) is 16.5. The van der Waals surface area contributed by atoms with Crippen LogP contribution in [0.4, 0.5) is 5.82 Å². The van der Waals surface area contributed by atoms with E-state index >= 15 is 0 Å². The monoisotopic (exact) mass is 304 g/mol. The number of rotatable bonds is 6. The minimum Gasteiger partial charge on any atom is -0.368 e. The summed E-state index contributed by atoms with van der Waals surface area (Å²) in [4.78, 5) is 20.5. The van der Waals surface area contributed by atoms with Crippen molar-refractivity contribution in [3.8, 4) is 0 Å². The predicted molar refractivity (Wildman–Crippen MR) is 90.2 cm³/mol. The van der Waals surface area contributed by atoms with Gasteiger partial charge in [-0.1, -0.05) is 13.3 Å². The molecule has 1 aromatic heterocycles. The van der Waals surface area contributed by atoms with Gasteiger partial charge in [0.2, 0.25) is 0 Å². The minimum absolute atomic E-state index is 0.0145. The largest absolute Gasteiger partial charge is 0.368 e. The third-order valence-corrected chi connectivity index (χ3v) is 4.45. The number of hydrogen-bond acceptors (Lipinski definition) is 4. The molecule has 1 aromatic rings. The van der Waals surface area contributed by atoms with Crippen molar-refractivity contribution < 1.29 is 4.79 Å². The second kappa shape index (κ2) is 8.13. The Kier molecular flexibility index (Phi) is 6.19. The van der Waals surface area contributed by atoms with Gasteiger partial charge < -0.3 is 15.1 Å². The van der Waals surface area contributed by atoms with Crippen LogP contribution in [0.25, 0.3) is 0 Å². The molecule has 1 fully saturated rings. The summed E-state index contributed by atoms with van der Waals surface area (Å²) in [7, 11) is 3.52. The predicted octanol–water partition coefficient (Wildman–Crippen LogP) is 2.32. The summed E-state index contributed by atoms with van der Waals surface area (Å²) in [6.45, 7) is 6.48. The topological polar surface area (TPSA) is 48.5 Å². The zero-order chi connectivity index (χ0) is 15.9. The van der Waals surface area contributed by atoms with Crippen molar-refractivity contribution in [2.75, 3.05) is 45.6 Å². The van der Waals surface area contributed by atoms with Gasteiger partial charge >= 0.3 is 0 Å². The van der Waals surface area contributed by atoms with E-state index in [9.17, 15) is 4.79 Å². The molecule has 22 heavy (non-hydrogen) atoms. The molecular formula is C17H28N4O. The lowest BCUT2D eigenvalue weighted by molar-refractivity contribution is 0.0828. The van der Waals surface area contributed by atoms with Crippen molar-refractivity contribution in [3.63, 3.8) is 0 Å². The number of nitrogens with zero attached hydrogens (tertiary/aromatic N) is 3. The van der Waals surface area contributed by atoms with Gasteiger partial charge in [0.25, 0.3) is 5.91 Å². The second-order valence-electron chi connectivity index (χ2n) is 6.22. The SMILES string of the molecule is CCC1CCN(CCNc2ncccc2C(=O)N(C)C)CC1. The Balaban J connectivity index is 1.84. The third-order valence-electron chi connectivity index (χ3n) is 4.45. The van der Waals surface area contributed by atoms with Gasteiger partial charge in [0.15, 0.2) is 0 Å². The molecule has 0 spiro atoms. The molecule has 0 bridgehead atoms. The summed E-state index contributed by atoms with van der Waals surface area (Å²) < 4.78 is 0. The molecule has 1 amide bonds. The summed E-state index contributed by atoms with van der Waals surface area (Å²) >= 11 is 0. The molecule has 5 nitrogen and oxygen atoms in total. The average molecular weight is 304 g/mol. The Hall–Kier alpha value is -1.62. The Bertz CT molecular complexity index is 481. The smallest absolute Gasteiger partial charge is 0.257 e. The standard InChI is InChI=1S/C17H28N4O/c1-4-14-7-11-21(12-8-14)13-10-19-16-15(6-5-9-18-16)17(22)20(2)3/h5-6,9,14H,4,7-8,10-13H2,1-3H3,(H,18,19). The molecule has 0 unspecified atom stereocenters. The quantitative estimate of drug-likeness (QED) is 0.876. The van der Waals surface area contributed by atoms with E-state index in [2.05, 4.69) is 22.1 Å². The van der Waals surface area contributed by atoms with Crippen LogP contribution in [0.3, 0.4) is 0 Å². The number of piperidine rings is 1. The molecule has 1 aliphatic rings. The molecule has 5 heteroatoms. The third kappa shape index (κ3) is 4.44. The number of nitrogens with one attached hydrogen (secondary N) is 1. The zero-order valence-corrected chi connectivity index (χ0v) is 14.0. The Morgan fingerprint density at radius 2 is 2.14 bits per heavy atom. The van der Waals surface area contributed by atoms with E-state index in [0.29, 0.717) is 11.4 Å².